The maximum atomic E-state index is 2.38. The molecule has 1 aliphatic carbocycles. The standard InChI is InChI=1S/C16H24/c1-12(2)14-7-9-15(10-8-14)16-6-4-5-13(3)11-16/h4-6,11-12,14-15H,7-10H2,1-3H3. The van der Waals surface area contributed by atoms with E-state index in [1.807, 2.05) is 0 Å². The Kier molecular flexibility index (Phi) is 3.68. The van der Waals surface area contributed by atoms with Crippen molar-refractivity contribution in [1.82, 2.24) is 0 Å². The number of benzene rings is 1. The minimum absolute atomic E-state index is 0.829. The summed E-state index contributed by atoms with van der Waals surface area (Å²) in [5.74, 6) is 2.68. The van der Waals surface area contributed by atoms with Gasteiger partial charge in [0.25, 0.3) is 0 Å². The summed E-state index contributed by atoms with van der Waals surface area (Å²) in [4.78, 5) is 0. The van der Waals surface area contributed by atoms with Gasteiger partial charge in [0.05, 0.1) is 0 Å². The maximum absolute atomic E-state index is 2.38. The lowest BCUT2D eigenvalue weighted by Gasteiger charge is -2.31. The van der Waals surface area contributed by atoms with Crippen molar-refractivity contribution in [2.45, 2.75) is 52.4 Å². The molecule has 0 nitrogen and oxygen atoms in total. The second kappa shape index (κ2) is 5.03. The molecule has 0 radical (unpaired) electrons. The van der Waals surface area contributed by atoms with Crippen LogP contribution in [-0.2, 0) is 0 Å². The lowest BCUT2D eigenvalue weighted by molar-refractivity contribution is 0.259. The van der Waals surface area contributed by atoms with Gasteiger partial charge in [0, 0.05) is 0 Å². The van der Waals surface area contributed by atoms with E-state index < -0.39 is 0 Å². The summed E-state index contributed by atoms with van der Waals surface area (Å²) in [7, 11) is 0. The maximum Gasteiger partial charge on any atom is -0.0162 e. The van der Waals surface area contributed by atoms with Crippen molar-refractivity contribution in [3.8, 4) is 0 Å². The lowest BCUT2D eigenvalue weighted by atomic mass is 9.74. The van der Waals surface area contributed by atoms with Gasteiger partial charge < -0.3 is 0 Å². The molecule has 0 aromatic heterocycles. The molecule has 0 saturated heterocycles. The average molecular weight is 216 g/mol. The molecule has 88 valence electrons. The third-order valence-corrected chi connectivity index (χ3v) is 4.23. The van der Waals surface area contributed by atoms with E-state index in [1.165, 1.54) is 31.2 Å². The normalized spacial score (nSPS) is 26.0. The van der Waals surface area contributed by atoms with Gasteiger partial charge in [-0.1, -0.05) is 43.7 Å². The zero-order valence-electron chi connectivity index (χ0n) is 10.9. The van der Waals surface area contributed by atoms with E-state index in [0.717, 1.165) is 17.8 Å². The Labute approximate surface area is 100 Å². The Morgan fingerprint density at radius 1 is 1.06 bits per heavy atom. The minimum Gasteiger partial charge on any atom is -0.0625 e. The largest absolute Gasteiger partial charge is 0.0625 e. The number of hydrogen-bond acceptors (Lipinski definition) is 0. The van der Waals surface area contributed by atoms with Gasteiger partial charge in [0.15, 0.2) is 0 Å². The summed E-state index contributed by atoms with van der Waals surface area (Å²) in [5.41, 5.74) is 2.98. The van der Waals surface area contributed by atoms with Gasteiger partial charge in [0.2, 0.25) is 0 Å². The topological polar surface area (TPSA) is 0 Å². The minimum atomic E-state index is 0.829. The summed E-state index contributed by atoms with van der Waals surface area (Å²) in [6.07, 6.45) is 5.64. The molecular formula is C16H24. The third-order valence-electron chi connectivity index (χ3n) is 4.23. The van der Waals surface area contributed by atoms with Crippen LogP contribution >= 0.6 is 0 Å². The van der Waals surface area contributed by atoms with Gasteiger partial charge in [-0.3, -0.25) is 0 Å². The summed E-state index contributed by atoms with van der Waals surface area (Å²) < 4.78 is 0. The predicted molar refractivity (Wildman–Crippen MR) is 70.7 cm³/mol. The molecule has 0 atom stereocenters. The zero-order valence-corrected chi connectivity index (χ0v) is 10.9. The van der Waals surface area contributed by atoms with Crippen molar-refractivity contribution in [2.24, 2.45) is 11.8 Å². The summed E-state index contributed by atoms with van der Waals surface area (Å²) in [6, 6.07) is 9.09. The number of hydrogen-bond donors (Lipinski definition) is 0. The van der Waals surface area contributed by atoms with Crippen molar-refractivity contribution in [2.75, 3.05) is 0 Å². The first kappa shape index (κ1) is 11.7. The van der Waals surface area contributed by atoms with E-state index in [4.69, 9.17) is 0 Å². The Morgan fingerprint density at radius 2 is 1.75 bits per heavy atom. The summed E-state index contributed by atoms with van der Waals surface area (Å²) in [5, 5.41) is 0. The van der Waals surface area contributed by atoms with Crippen LogP contribution in [0.4, 0.5) is 0 Å². The van der Waals surface area contributed by atoms with Crippen molar-refractivity contribution < 1.29 is 0 Å². The Bertz CT molecular complexity index is 330. The molecule has 16 heavy (non-hydrogen) atoms. The Balaban J connectivity index is 1.99. The molecule has 0 amide bonds. The van der Waals surface area contributed by atoms with Crippen LogP contribution in [0, 0.1) is 18.8 Å². The SMILES string of the molecule is Cc1cccc(C2CCC(C(C)C)CC2)c1. The monoisotopic (exact) mass is 216 g/mol. The van der Waals surface area contributed by atoms with E-state index in [0.29, 0.717) is 0 Å². The predicted octanol–water partition coefficient (Wildman–Crippen LogP) is 4.92. The highest BCUT2D eigenvalue weighted by molar-refractivity contribution is 5.25. The number of aryl methyl sites for hydroxylation is 1. The molecular weight excluding hydrogens is 192 g/mol. The average Bonchev–Trinajstić information content (AvgIpc) is 2.29. The lowest BCUT2D eigenvalue weighted by Crippen LogP contribution is -2.17. The van der Waals surface area contributed by atoms with Crippen LogP contribution in [0.1, 0.15) is 56.6 Å². The fourth-order valence-corrected chi connectivity index (χ4v) is 3.04. The van der Waals surface area contributed by atoms with Crippen molar-refractivity contribution in [1.29, 1.82) is 0 Å². The first-order valence-corrected chi connectivity index (χ1v) is 6.73. The molecule has 1 saturated carbocycles. The Morgan fingerprint density at radius 3 is 2.31 bits per heavy atom. The van der Waals surface area contributed by atoms with E-state index in [9.17, 15) is 0 Å². The van der Waals surface area contributed by atoms with E-state index in [-0.39, 0.29) is 0 Å². The molecule has 0 heterocycles. The molecule has 0 heteroatoms. The molecule has 1 aliphatic rings. The van der Waals surface area contributed by atoms with Gasteiger partial charge in [0.1, 0.15) is 0 Å². The fourth-order valence-electron chi connectivity index (χ4n) is 3.04. The van der Waals surface area contributed by atoms with Crippen LogP contribution in [0.15, 0.2) is 24.3 Å². The fraction of sp³-hybridized carbons (Fsp3) is 0.625. The first-order valence-electron chi connectivity index (χ1n) is 6.73. The smallest absolute Gasteiger partial charge is 0.0162 e. The van der Waals surface area contributed by atoms with Crippen molar-refractivity contribution in [3.63, 3.8) is 0 Å². The Hall–Kier alpha value is -0.780. The van der Waals surface area contributed by atoms with Gasteiger partial charge in [-0.05, 0) is 55.9 Å². The van der Waals surface area contributed by atoms with Crippen LogP contribution in [0.25, 0.3) is 0 Å². The molecule has 0 unspecified atom stereocenters. The highest BCUT2D eigenvalue weighted by atomic mass is 14.3. The van der Waals surface area contributed by atoms with Crippen LogP contribution in [-0.4, -0.2) is 0 Å². The van der Waals surface area contributed by atoms with Crippen LogP contribution in [0.5, 0.6) is 0 Å². The quantitative estimate of drug-likeness (QED) is 0.658. The molecule has 0 aliphatic heterocycles. The highest BCUT2D eigenvalue weighted by Gasteiger charge is 2.23. The van der Waals surface area contributed by atoms with Crippen LogP contribution in [0.3, 0.4) is 0 Å². The van der Waals surface area contributed by atoms with Gasteiger partial charge in [-0.2, -0.15) is 0 Å². The molecule has 1 aromatic carbocycles. The van der Waals surface area contributed by atoms with Crippen molar-refractivity contribution in [3.05, 3.63) is 35.4 Å². The van der Waals surface area contributed by atoms with Gasteiger partial charge in [-0.25, -0.2) is 0 Å². The molecule has 0 N–H and O–H groups in total. The molecule has 1 aromatic rings. The van der Waals surface area contributed by atoms with Gasteiger partial charge >= 0.3 is 0 Å². The second-order valence-corrected chi connectivity index (χ2v) is 5.77. The summed E-state index contributed by atoms with van der Waals surface area (Å²) >= 11 is 0. The summed E-state index contributed by atoms with van der Waals surface area (Å²) in [6.45, 7) is 6.94. The third kappa shape index (κ3) is 2.66. The van der Waals surface area contributed by atoms with Crippen LogP contribution in [0.2, 0.25) is 0 Å². The van der Waals surface area contributed by atoms with E-state index in [1.54, 1.807) is 5.56 Å². The van der Waals surface area contributed by atoms with E-state index in [2.05, 4.69) is 45.0 Å². The molecule has 0 spiro atoms. The molecule has 0 bridgehead atoms. The molecule has 1 fully saturated rings. The molecule has 2 rings (SSSR count). The highest BCUT2D eigenvalue weighted by Crippen LogP contribution is 2.38. The second-order valence-electron chi connectivity index (χ2n) is 5.77. The van der Waals surface area contributed by atoms with Gasteiger partial charge in [-0.15, -0.1) is 0 Å². The van der Waals surface area contributed by atoms with Crippen molar-refractivity contribution >= 4 is 0 Å². The number of rotatable bonds is 2. The first-order chi connectivity index (χ1) is 7.66. The van der Waals surface area contributed by atoms with E-state index >= 15 is 0 Å². The van der Waals surface area contributed by atoms with Crippen LogP contribution < -0.4 is 0 Å². The zero-order chi connectivity index (χ0) is 11.5.